The number of carbonyl (C=O) groups is 1. The van der Waals surface area contributed by atoms with Crippen molar-refractivity contribution in [2.24, 2.45) is 0 Å². The molecule has 3 heterocycles. The van der Waals surface area contributed by atoms with E-state index in [1.165, 1.54) is 37.9 Å². The van der Waals surface area contributed by atoms with Crippen LogP contribution in [0.5, 0.6) is 0 Å². The lowest BCUT2D eigenvalue weighted by molar-refractivity contribution is -0.132. The van der Waals surface area contributed by atoms with E-state index in [2.05, 4.69) is 26.9 Å². The Morgan fingerprint density at radius 3 is 2.82 bits per heavy atom. The van der Waals surface area contributed by atoms with E-state index in [0.717, 1.165) is 19.5 Å². The number of hydrogen-bond acceptors (Lipinski definition) is 3. The van der Waals surface area contributed by atoms with Gasteiger partial charge in [0.15, 0.2) is 0 Å². The molecule has 2 aliphatic heterocycles. The Morgan fingerprint density at radius 1 is 1.23 bits per heavy atom. The van der Waals surface area contributed by atoms with Crippen LogP contribution in [0.3, 0.4) is 0 Å². The van der Waals surface area contributed by atoms with Crippen molar-refractivity contribution in [3.63, 3.8) is 0 Å². The third kappa shape index (κ3) is 3.32. The SMILES string of the molecule is CCC(=O)N1CCC[C@H]1[C@@H]1CCCN1CCc1ccccn1. The summed E-state index contributed by atoms with van der Waals surface area (Å²) in [7, 11) is 0. The molecule has 0 unspecified atom stereocenters. The third-order valence-corrected chi connectivity index (χ3v) is 5.16. The highest BCUT2D eigenvalue weighted by Crippen LogP contribution is 2.30. The van der Waals surface area contributed by atoms with Gasteiger partial charge in [-0.3, -0.25) is 14.7 Å². The fourth-order valence-electron chi connectivity index (χ4n) is 4.07. The molecule has 120 valence electrons. The molecule has 2 atom stereocenters. The summed E-state index contributed by atoms with van der Waals surface area (Å²) in [6.07, 6.45) is 8.35. The molecule has 2 saturated heterocycles. The van der Waals surface area contributed by atoms with E-state index in [-0.39, 0.29) is 0 Å². The van der Waals surface area contributed by atoms with Gasteiger partial charge >= 0.3 is 0 Å². The molecule has 22 heavy (non-hydrogen) atoms. The van der Waals surface area contributed by atoms with Gasteiger partial charge in [-0.25, -0.2) is 0 Å². The molecule has 0 radical (unpaired) electrons. The molecule has 0 N–H and O–H groups in total. The maximum atomic E-state index is 12.2. The molecule has 2 fully saturated rings. The molecular formula is C18H27N3O. The second-order valence-electron chi connectivity index (χ2n) is 6.47. The summed E-state index contributed by atoms with van der Waals surface area (Å²) in [6, 6.07) is 7.13. The van der Waals surface area contributed by atoms with Crippen LogP contribution in [0.1, 0.15) is 44.7 Å². The molecule has 1 amide bonds. The third-order valence-electron chi connectivity index (χ3n) is 5.16. The maximum absolute atomic E-state index is 12.2. The number of amides is 1. The van der Waals surface area contributed by atoms with E-state index in [1.807, 2.05) is 19.2 Å². The number of nitrogens with zero attached hydrogens (tertiary/aromatic N) is 3. The van der Waals surface area contributed by atoms with Gasteiger partial charge in [0.25, 0.3) is 0 Å². The van der Waals surface area contributed by atoms with Gasteiger partial charge in [-0.2, -0.15) is 0 Å². The molecule has 0 aliphatic carbocycles. The standard InChI is InChI=1S/C18H27N3O/c1-2-18(22)21-13-6-9-17(21)16-8-5-12-20(16)14-10-15-7-3-4-11-19-15/h3-4,7,11,16-17H,2,5-6,8-10,12-14H2,1H3/t16-,17-/m0/s1. The minimum Gasteiger partial charge on any atom is -0.338 e. The van der Waals surface area contributed by atoms with Gasteiger partial charge in [0.05, 0.1) is 0 Å². The lowest BCUT2D eigenvalue weighted by atomic mass is 10.0. The minimum absolute atomic E-state index is 0.332. The zero-order chi connectivity index (χ0) is 15.4. The van der Waals surface area contributed by atoms with Gasteiger partial charge in [-0.05, 0) is 44.4 Å². The van der Waals surface area contributed by atoms with Gasteiger partial charge in [0.2, 0.25) is 5.91 Å². The lowest BCUT2D eigenvalue weighted by Gasteiger charge is -2.35. The van der Waals surface area contributed by atoms with Crippen molar-refractivity contribution in [1.29, 1.82) is 0 Å². The number of rotatable bonds is 5. The van der Waals surface area contributed by atoms with Gasteiger partial charge < -0.3 is 4.90 Å². The van der Waals surface area contributed by atoms with Crippen LogP contribution in [0.4, 0.5) is 0 Å². The van der Waals surface area contributed by atoms with E-state index in [1.54, 1.807) is 0 Å². The Kier molecular flexibility index (Phi) is 5.08. The fraction of sp³-hybridized carbons (Fsp3) is 0.667. The summed E-state index contributed by atoms with van der Waals surface area (Å²) >= 11 is 0. The van der Waals surface area contributed by atoms with Crippen molar-refractivity contribution in [2.75, 3.05) is 19.6 Å². The second-order valence-corrected chi connectivity index (χ2v) is 6.47. The summed E-state index contributed by atoms with van der Waals surface area (Å²) < 4.78 is 0. The van der Waals surface area contributed by atoms with Crippen LogP contribution in [-0.4, -0.2) is 52.4 Å². The number of likely N-dealkylation sites (tertiary alicyclic amines) is 2. The van der Waals surface area contributed by atoms with Crippen molar-refractivity contribution in [3.05, 3.63) is 30.1 Å². The Balaban J connectivity index is 1.61. The van der Waals surface area contributed by atoms with E-state index < -0.39 is 0 Å². The zero-order valence-electron chi connectivity index (χ0n) is 13.6. The average molecular weight is 301 g/mol. The Labute approximate surface area is 133 Å². The molecule has 0 saturated carbocycles. The van der Waals surface area contributed by atoms with E-state index in [4.69, 9.17) is 0 Å². The predicted octanol–water partition coefficient (Wildman–Crippen LogP) is 2.49. The van der Waals surface area contributed by atoms with Crippen LogP contribution < -0.4 is 0 Å². The van der Waals surface area contributed by atoms with Crippen LogP contribution in [0.15, 0.2) is 24.4 Å². The summed E-state index contributed by atoms with van der Waals surface area (Å²) in [4.78, 5) is 21.3. The zero-order valence-corrected chi connectivity index (χ0v) is 13.6. The smallest absolute Gasteiger partial charge is 0.222 e. The quantitative estimate of drug-likeness (QED) is 0.838. The number of carbonyl (C=O) groups excluding carboxylic acids is 1. The lowest BCUT2D eigenvalue weighted by Crippen LogP contribution is -2.48. The molecule has 2 aliphatic rings. The van der Waals surface area contributed by atoms with Crippen molar-refractivity contribution in [3.8, 4) is 0 Å². The van der Waals surface area contributed by atoms with Crippen molar-refractivity contribution >= 4 is 5.91 Å². The molecule has 4 nitrogen and oxygen atoms in total. The van der Waals surface area contributed by atoms with E-state index in [0.29, 0.717) is 24.4 Å². The topological polar surface area (TPSA) is 36.4 Å². The van der Waals surface area contributed by atoms with Crippen molar-refractivity contribution in [2.45, 2.75) is 57.5 Å². The minimum atomic E-state index is 0.332. The molecular weight excluding hydrogens is 274 g/mol. The highest BCUT2D eigenvalue weighted by atomic mass is 16.2. The average Bonchev–Trinajstić information content (AvgIpc) is 3.21. The van der Waals surface area contributed by atoms with Gasteiger partial charge in [-0.15, -0.1) is 0 Å². The first-order valence-electron chi connectivity index (χ1n) is 8.73. The van der Waals surface area contributed by atoms with Crippen LogP contribution in [0.25, 0.3) is 0 Å². The largest absolute Gasteiger partial charge is 0.338 e. The molecule has 0 spiro atoms. The first-order valence-corrected chi connectivity index (χ1v) is 8.73. The van der Waals surface area contributed by atoms with Crippen LogP contribution in [0, 0.1) is 0 Å². The van der Waals surface area contributed by atoms with E-state index in [9.17, 15) is 4.79 Å². The van der Waals surface area contributed by atoms with Crippen LogP contribution >= 0.6 is 0 Å². The first-order chi connectivity index (χ1) is 10.8. The number of pyridine rings is 1. The highest BCUT2D eigenvalue weighted by Gasteiger charge is 2.38. The summed E-state index contributed by atoms with van der Waals surface area (Å²) in [5.41, 5.74) is 1.17. The maximum Gasteiger partial charge on any atom is 0.222 e. The van der Waals surface area contributed by atoms with Crippen molar-refractivity contribution in [1.82, 2.24) is 14.8 Å². The van der Waals surface area contributed by atoms with E-state index >= 15 is 0 Å². The molecule has 0 bridgehead atoms. The Hall–Kier alpha value is -1.42. The second kappa shape index (κ2) is 7.23. The van der Waals surface area contributed by atoms with Crippen molar-refractivity contribution < 1.29 is 4.79 Å². The van der Waals surface area contributed by atoms with Crippen LogP contribution in [-0.2, 0) is 11.2 Å². The molecule has 1 aromatic heterocycles. The Bertz CT molecular complexity index is 490. The van der Waals surface area contributed by atoms with Gasteiger partial charge in [-0.1, -0.05) is 13.0 Å². The normalized spacial score (nSPS) is 25.8. The monoisotopic (exact) mass is 301 g/mol. The number of hydrogen-bond donors (Lipinski definition) is 0. The predicted molar refractivity (Wildman–Crippen MR) is 87.6 cm³/mol. The fourth-order valence-corrected chi connectivity index (χ4v) is 4.07. The highest BCUT2D eigenvalue weighted by molar-refractivity contribution is 5.76. The number of aromatic nitrogens is 1. The summed E-state index contributed by atoms with van der Waals surface area (Å²) in [5, 5.41) is 0. The summed E-state index contributed by atoms with van der Waals surface area (Å²) in [5.74, 6) is 0.332. The van der Waals surface area contributed by atoms with Crippen LogP contribution in [0.2, 0.25) is 0 Å². The Morgan fingerprint density at radius 2 is 2.05 bits per heavy atom. The molecule has 3 rings (SSSR count). The van der Waals surface area contributed by atoms with Gasteiger partial charge in [0.1, 0.15) is 0 Å². The first kappa shape index (κ1) is 15.5. The molecule has 4 heteroatoms. The molecule has 1 aromatic rings. The summed E-state index contributed by atoms with van der Waals surface area (Å²) in [6.45, 7) is 5.17. The molecule has 0 aromatic carbocycles. The van der Waals surface area contributed by atoms with Gasteiger partial charge in [0, 0.05) is 49.9 Å².